The number of hydrogen-bond donors (Lipinski definition) is 2. The van der Waals surface area contributed by atoms with Crippen LogP contribution in [0.25, 0.3) is 0 Å². The van der Waals surface area contributed by atoms with Crippen LogP contribution in [0.1, 0.15) is 31.9 Å². The van der Waals surface area contributed by atoms with Gasteiger partial charge < -0.3 is 10.4 Å². The smallest absolute Gasteiger partial charge is 0.115 e. The largest absolute Gasteiger partial charge is 0.508 e. The predicted molar refractivity (Wildman–Crippen MR) is 82.4 cm³/mol. The Morgan fingerprint density at radius 3 is 2.68 bits per heavy atom. The minimum Gasteiger partial charge on any atom is -0.508 e. The van der Waals surface area contributed by atoms with Gasteiger partial charge in [-0.2, -0.15) is 0 Å². The molecule has 1 heterocycles. The molecule has 2 rings (SSSR count). The van der Waals surface area contributed by atoms with Crippen LogP contribution in [0.5, 0.6) is 5.75 Å². The maximum atomic E-state index is 9.79. The number of nitrogens with zero attached hydrogens (tertiary/aromatic N) is 1. The number of halogens is 1. The summed E-state index contributed by atoms with van der Waals surface area (Å²) in [7, 11) is 0. The number of aromatic hydroxyl groups is 1. The summed E-state index contributed by atoms with van der Waals surface area (Å²) in [4.78, 5) is 2.53. The molecule has 0 saturated carbocycles. The van der Waals surface area contributed by atoms with Gasteiger partial charge in [-0.25, -0.2) is 0 Å². The highest BCUT2D eigenvalue weighted by atomic mass is 79.9. The molecule has 1 saturated heterocycles. The Morgan fingerprint density at radius 1 is 1.37 bits per heavy atom. The number of rotatable bonds is 4. The number of hydrogen-bond acceptors (Lipinski definition) is 3. The second kappa shape index (κ2) is 6.73. The van der Waals surface area contributed by atoms with Gasteiger partial charge in [-0.15, -0.1) is 0 Å². The molecule has 0 bridgehead atoms. The molecule has 0 aliphatic carbocycles. The van der Waals surface area contributed by atoms with Gasteiger partial charge in [0, 0.05) is 36.7 Å². The van der Waals surface area contributed by atoms with E-state index in [1.165, 1.54) is 5.56 Å². The van der Waals surface area contributed by atoms with Crippen LogP contribution in [-0.4, -0.2) is 36.2 Å². The van der Waals surface area contributed by atoms with Crippen molar-refractivity contribution in [3.05, 3.63) is 28.2 Å². The number of piperazine rings is 1. The molecule has 106 valence electrons. The number of nitrogens with one attached hydrogen (secondary N) is 1. The van der Waals surface area contributed by atoms with Gasteiger partial charge in [0.25, 0.3) is 0 Å². The van der Waals surface area contributed by atoms with Gasteiger partial charge in [-0.3, -0.25) is 4.90 Å². The third kappa shape index (κ3) is 3.50. The lowest BCUT2D eigenvalue weighted by Crippen LogP contribution is -2.46. The van der Waals surface area contributed by atoms with E-state index in [1.54, 1.807) is 6.07 Å². The summed E-state index contributed by atoms with van der Waals surface area (Å²) < 4.78 is 1.09. The van der Waals surface area contributed by atoms with Gasteiger partial charge in [-0.05, 0) is 29.7 Å². The second-order valence-corrected chi connectivity index (χ2v) is 6.18. The Balaban J connectivity index is 2.33. The highest BCUT2D eigenvalue weighted by molar-refractivity contribution is 9.10. The molecule has 0 aromatic heterocycles. The van der Waals surface area contributed by atoms with Crippen molar-refractivity contribution >= 4 is 15.9 Å². The fourth-order valence-electron chi connectivity index (χ4n) is 2.80. The minimum atomic E-state index is 0.349. The van der Waals surface area contributed by atoms with Crippen LogP contribution >= 0.6 is 15.9 Å². The zero-order valence-electron chi connectivity index (χ0n) is 11.7. The molecule has 1 aromatic carbocycles. The van der Waals surface area contributed by atoms with Crippen LogP contribution < -0.4 is 5.32 Å². The summed E-state index contributed by atoms with van der Waals surface area (Å²) in [5, 5.41) is 13.2. The first kappa shape index (κ1) is 14.8. The average molecular weight is 327 g/mol. The van der Waals surface area contributed by atoms with Gasteiger partial charge in [0.2, 0.25) is 0 Å². The molecule has 2 atom stereocenters. The van der Waals surface area contributed by atoms with Crippen molar-refractivity contribution in [2.24, 2.45) is 5.92 Å². The summed E-state index contributed by atoms with van der Waals surface area (Å²) in [6, 6.07) is 5.96. The van der Waals surface area contributed by atoms with Gasteiger partial charge in [0.05, 0.1) is 0 Å². The monoisotopic (exact) mass is 326 g/mol. The molecule has 1 aliphatic rings. The van der Waals surface area contributed by atoms with Crippen molar-refractivity contribution < 1.29 is 5.11 Å². The van der Waals surface area contributed by atoms with E-state index in [9.17, 15) is 5.11 Å². The van der Waals surface area contributed by atoms with Crippen molar-refractivity contribution in [2.45, 2.75) is 26.3 Å². The molecule has 1 fully saturated rings. The molecule has 1 aromatic rings. The summed E-state index contributed by atoms with van der Waals surface area (Å²) >= 11 is 3.64. The molecule has 1 unspecified atom stereocenters. The quantitative estimate of drug-likeness (QED) is 0.892. The van der Waals surface area contributed by atoms with Gasteiger partial charge >= 0.3 is 0 Å². The zero-order chi connectivity index (χ0) is 13.8. The lowest BCUT2D eigenvalue weighted by molar-refractivity contribution is 0.128. The van der Waals surface area contributed by atoms with E-state index in [4.69, 9.17) is 0 Å². The molecule has 0 spiro atoms. The molecular formula is C15H23BrN2O. The Labute approximate surface area is 124 Å². The highest BCUT2D eigenvalue weighted by Crippen LogP contribution is 2.36. The lowest BCUT2D eigenvalue weighted by atomic mass is 9.90. The van der Waals surface area contributed by atoms with Gasteiger partial charge in [0.15, 0.2) is 0 Å². The molecule has 0 radical (unpaired) electrons. The van der Waals surface area contributed by atoms with E-state index in [2.05, 4.69) is 40.0 Å². The maximum Gasteiger partial charge on any atom is 0.115 e. The van der Waals surface area contributed by atoms with Crippen LogP contribution in [0, 0.1) is 5.92 Å². The second-order valence-electron chi connectivity index (χ2n) is 5.32. The first-order chi connectivity index (χ1) is 9.13. The van der Waals surface area contributed by atoms with Crippen molar-refractivity contribution in [1.29, 1.82) is 0 Å². The topological polar surface area (TPSA) is 35.5 Å². The van der Waals surface area contributed by atoms with E-state index in [-0.39, 0.29) is 0 Å². The third-order valence-electron chi connectivity index (χ3n) is 4.03. The zero-order valence-corrected chi connectivity index (χ0v) is 13.3. The summed E-state index contributed by atoms with van der Waals surface area (Å²) in [5.74, 6) is 0.915. The summed E-state index contributed by atoms with van der Waals surface area (Å²) in [5.41, 5.74) is 1.20. The van der Waals surface area contributed by atoms with E-state index in [1.807, 2.05) is 12.1 Å². The third-order valence-corrected chi connectivity index (χ3v) is 4.75. The first-order valence-corrected chi connectivity index (χ1v) is 7.86. The van der Waals surface area contributed by atoms with Crippen LogP contribution in [0.4, 0.5) is 0 Å². The van der Waals surface area contributed by atoms with E-state index >= 15 is 0 Å². The fraction of sp³-hybridized carbons (Fsp3) is 0.600. The van der Waals surface area contributed by atoms with E-state index < -0.39 is 0 Å². The Kier molecular flexibility index (Phi) is 5.25. The number of phenols is 1. The van der Waals surface area contributed by atoms with Crippen LogP contribution in [0.2, 0.25) is 0 Å². The fourth-order valence-corrected chi connectivity index (χ4v) is 3.29. The molecule has 0 amide bonds. The van der Waals surface area contributed by atoms with Crippen molar-refractivity contribution in [2.75, 3.05) is 26.2 Å². The Hall–Kier alpha value is -0.580. The van der Waals surface area contributed by atoms with Crippen LogP contribution in [-0.2, 0) is 0 Å². The molecule has 2 N–H and O–H groups in total. The normalized spacial score (nSPS) is 20.2. The minimum absolute atomic E-state index is 0.349. The standard InChI is InChI=1S/C15H23BrN2O/c1-3-11(2)15(18-8-6-17-7-9-18)13-10-12(19)4-5-14(13)16/h4-5,10-11,15,17,19H,3,6-9H2,1-2H3/t11?,15-/m0/s1. The van der Waals surface area contributed by atoms with Crippen LogP contribution in [0.15, 0.2) is 22.7 Å². The summed E-state index contributed by atoms with van der Waals surface area (Å²) in [6.45, 7) is 8.75. The summed E-state index contributed by atoms with van der Waals surface area (Å²) in [6.07, 6.45) is 1.14. The van der Waals surface area contributed by atoms with Crippen LogP contribution in [0.3, 0.4) is 0 Å². The maximum absolute atomic E-state index is 9.79. The predicted octanol–water partition coefficient (Wildman–Crippen LogP) is 3.15. The lowest BCUT2D eigenvalue weighted by Gasteiger charge is -2.39. The van der Waals surface area contributed by atoms with Gasteiger partial charge in [0.1, 0.15) is 5.75 Å². The molecular weight excluding hydrogens is 304 g/mol. The Morgan fingerprint density at radius 2 is 2.05 bits per heavy atom. The highest BCUT2D eigenvalue weighted by Gasteiger charge is 2.28. The molecule has 1 aliphatic heterocycles. The van der Waals surface area contributed by atoms with Crippen molar-refractivity contribution in [3.8, 4) is 5.75 Å². The SMILES string of the molecule is CCC(C)[C@@H](c1cc(O)ccc1Br)N1CCNCC1. The van der Waals surface area contributed by atoms with Gasteiger partial charge in [-0.1, -0.05) is 36.2 Å². The van der Waals surface area contributed by atoms with Crippen molar-refractivity contribution in [1.82, 2.24) is 10.2 Å². The van der Waals surface area contributed by atoms with Crippen molar-refractivity contribution in [3.63, 3.8) is 0 Å². The number of benzene rings is 1. The Bertz CT molecular complexity index is 419. The molecule has 3 nitrogen and oxygen atoms in total. The molecule has 4 heteroatoms. The number of phenolic OH excluding ortho intramolecular Hbond substituents is 1. The average Bonchev–Trinajstić information content (AvgIpc) is 2.44. The first-order valence-electron chi connectivity index (χ1n) is 7.06. The van der Waals surface area contributed by atoms with E-state index in [0.29, 0.717) is 17.7 Å². The molecule has 19 heavy (non-hydrogen) atoms. The van der Waals surface area contributed by atoms with E-state index in [0.717, 1.165) is 37.1 Å².